The van der Waals surface area contributed by atoms with Crippen LogP contribution >= 0.6 is 0 Å². The van der Waals surface area contributed by atoms with Crippen molar-refractivity contribution in [2.75, 3.05) is 5.75 Å². The number of nitrogens with one attached hydrogen (secondary N) is 1. The molecule has 1 rings (SSSR count). The maximum Gasteiger partial charge on any atom is 1.00 e. The first kappa shape index (κ1) is 14.4. The molecule has 0 bridgehead atoms. The van der Waals surface area contributed by atoms with Gasteiger partial charge in [-0.3, -0.25) is 0 Å². The summed E-state index contributed by atoms with van der Waals surface area (Å²) in [5.41, 5.74) is 0.523. The van der Waals surface area contributed by atoms with Crippen molar-refractivity contribution in [1.29, 1.82) is 5.41 Å². The van der Waals surface area contributed by atoms with Gasteiger partial charge in [-0.05, 0) is 25.5 Å². The van der Waals surface area contributed by atoms with Crippen LogP contribution in [0.2, 0.25) is 0 Å². The van der Waals surface area contributed by atoms with E-state index in [0.29, 0.717) is 23.6 Å². The van der Waals surface area contributed by atoms with E-state index < -0.39 is 11.1 Å². The zero-order valence-electron chi connectivity index (χ0n) is 10.0. The van der Waals surface area contributed by atoms with Crippen LogP contribution < -0.4 is 23.0 Å². The molecule has 0 amide bonds. The molecule has 1 aromatic rings. The molecule has 0 saturated carbocycles. The van der Waals surface area contributed by atoms with Crippen LogP contribution in [0.25, 0.3) is 0 Å². The number of para-hydroxylation sites is 1. The smallest absolute Gasteiger partial charge is 1.00 e. The third kappa shape index (κ3) is 6.51. The summed E-state index contributed by atoms with van der Waals surface area (Å²) < 4.78 is 16.4. The first-order valence-electron chi connectivity index (χ1n) is 4.34. The first-order valence-corrected chi connectivity index (χ1v) is 5.58. The summed E-state index contributed by atoms with van der Waals surface area (Å²) in [5, 5.41) is 7.18. The van der Waals surface area contributed by atoms with Gasteiger partial charge in [-0.2, -0.15) is 0 Å². The van der Waals surface area contributed by atoms with Crippen LogP contribution in [0.1, 0.15) is 14.8 Å². The average Bonchev–Trinajstić information content (AvgIpc) is 2.16. The molecule has 0 heterocycles. The van der Waals surface area contributed by atoms with Crippen molar-refractivity contribution in [1.82, 2.24) is 0 Å². The molecule has 1 N–H and O–H groups in total. The molecule has 1 atom stereocenters. The molecule has 0 aliphatic rings. The minimum atomic E-state index is -1.33. The molecule has 15 heavy (non-hydrogen) atoms. The van der Waals surface area contributed by atoms with Crippen LogP contribution in [0, 0.1) is 5.41 Å². The quantitative estimate of drug-likeness (QED) is 0.524. The van der Waals surface area contributed by atoms with E-state index in [1.807, 2.05) is 18.2 Å². The predicted octanol–water partition coefficient (Wildman–Crippen LogP) is -0.725. The van der Waals surface area contributed by atoms with Crippen LogP contribution in [0.3, 0.4) is 0 Å². The van der Waals surface area contributed by atoms with E-state index in [9.17, 15) is 4.21 Å². The summed E-state index contributed by atoms with van der Waals surface area (Å²) in [4.78, 5) is 0. The molecule has 1 aromatic carbocycles. The van der Waals surface area contributed by atoms with Crippen LogP contribution in [-0.2, 0) is 11.1 Å². The van der Waals surface area contributed by atoms with Crippen molar-refractivity contribution in [2.45, 2.75) is 13.3 Å². The molecule has 5 heteroatoms. The summed E-state index contributed by atoms with van der Waals surface area (Å²) in [6.07, 6.45) is 0.513. The van der Waals surface area contributed by atoms with Gasteiger partial charge in [-0.15, -0.1) is 0 Å². The molecule has 0 fully saturated rings. The Morgan fingerprint density at radius 2 is 2.07 bits per heavy atom. The van der Waals surface area contributed by atoms with E-state index in [-0.39, 0.29) is 20.3 Å². The van der Waals surface area contributed by atoms with Crippen molar-refractivity contribution in [3.8, 4) is 5.75 Å². The Morgan fingerprint density at radius 1 is 1.47 bits per heavy atom. The topological polar surface area (TPSA) is 50.2 Å². The second-order valence-electron chi connectivity index (χ2n) is 2.93. The van der Waals surface area contributed by atoms with Crippen LogP contribution in [0.5, 0.6) is 5.75 Å². The molecular formula is C10H14LiNO2S. The minimum Gasteiger partial charge on any atom is -1.00 e. The van der Waals surface area contributed by atoms with Gasteiger partial charge in [0, 0.05) is 5.71 Å². The molecule has 0 saturated heterocycles. The maximum absolute atomic E-state index is 11.3. The van der Waals surface area contributed by atoms with Gasteiger partial charge in [-0.1, -0.05) is 18.2 Å². The Kier molecular flexibility index (Phi) is 7.40. The molecule has 3 nitrogen and oxygen atoms in total. The van der Waals surface area contributed by atoms with Crippen molar-refractivity contribution in [2.24, 2.45) is 0 Å². The fraction of sp³-hybridized carbons (Fsp3) is 0.300. The van der Waals surface area contributed by atoms with Crippen molar-refractivity contribution < 1.29 is 28.7 Å². The number of hydrogen-bond donors (Lipinski definition) is 1. The predicted molar refractivity (Wildman–Crippen MR) is 59.2 cm³/mol. The third-order valence-corrected chi connectivity index (χ3v) is 2.49. The standard InChI is InChI=1S/C10H13NO2S.Li.H/c1-9(11)7-8-14(12)13-10-5-3-2-4-6-10;;/h2-6,11H,7-8H2,1H3;;/q;+1;-1. The van der Waals surface area contributed by atoms with Gasteiger partial charge in [0.15, 0.2) is 0 Å². The summed E-state index contributed by atoms with van der Waals surface area (Å²) in [5.74, 6) is 0.984. The fourth-order valence-electron chi connectivity index (χ4n) is 0.861. The molecule has 0 spiro atoms. The SMILES string of the molecule is CC(=N)CCS(=O)Oc1ccccc1.[H-].[Li+]. The number of benzene rings is 1. The van der Waals surface area contributed by atoms with E-state index in [2.05, 4.69) is 0 Å². The third-order valence-electron chi connectivity index (χ3n) is 1.58. The van der Waals surface area contributed by atoms with Crippen molar-refractivity contribution >= 4 is 16.8 Å². The molecule has 0 aromatic heterocycles. The van der Waals surface area contributed by atoms with Gasteiger partial charge in [-0.25, -0.2) is 4.21 Å². The Hall–Kier alpha value is -0.563. The minimum absolute atomic E-state index is 0. The fourth-order valence-corrected chi connectivity index (χ4v) is 1.74. The Morgan fingerprint density at radius 3 is 2.60 bits per heavy atom. The van der Waals surface area contributed by atoms with Crippen molar-refractivity contribution in [3.05, 3.63) is 30.3 Å². The summed E-state index contributed by atoms with van der Waals surface area (Å²) >= 11 is -1.33. The number of rotatable bonds is 5. The molecule has 0 aliphatic carbocycles. The van der Waals surface area contributed by atoms with Gasteiger partial charge in [0.1, 0.15) is 5.75 Å². The Balaban J connectivity index is 0. The van der Waals surface area contributed by atoms with E-state index >= 15 is 0 Å². The summed E-state index contributed by atoms with van der Waals surface area (Å²) in [6, 6.07) is 9.05. The molecule has 0 aliphatic heterocycles. The van der Waals surface area contributed by atoms with Gasteiger partial charge in [0.05, 0.1) is 5.75 Å². The van der Waals surface area contributed by atoms with E-state index in [1.54, 1.807) is 19.1 Å². The zero-order valence-corrected chi connectivity index (χ0v) is 9.84. The van der Waals surface area contributed by atoms with Gasteiger partial charge >= 0.3 is 18.9 Å². The van der Waals surface area contributed by atoms with Crippen LogP contribution in [0.15, 0.2) is 30.3 Å². The second kappa shape index (κ2) is 7.69. The van der Waals surface area contributed by atoms with Gasteiger partial charge < -0.3 is 11.0 Å². The van der Waals surface area contributed by atoms with Gasteiger partial charge in [0.2, 0.25) is 11.1 Å². The van der Waals surface area contributed by atoms with Crippen LogP contribution in [0.4, 0.5) is 0 Å². The number of hydrogen-bond acceptors (Lipinski definition) is 3. The monoisotopic (exact) mass is 219 g/mol. The van der Waals surface area contributed by atoms with Crippen LogP contribution in [-0.4, -0.2) is 15.7 Å². The normalized spacial score (nSPS) is 11.3. The van der Waals surface area contributed by atoms with Crippen molar-refractivity contribution in [3.63, 3.8) is 0 Å². The Labute approximate surface area is 106 Å². The summed E-state index contributed by atoms with van der Waals surface area (Å²) in [7, 11) is 0. The zero-order chi connectivity index (χ0) is 10.4. The van der Waals surface area contributed by atoms with Gasteiger partial charge in [0.25, 0.3) is 0 Å². The summed E-state index contributed by atoms with van der Waals surface area (Å²) in [6.45, 7) is 1.69. The molecule has 1 unspecified atom stereocenters. The second-order valence-corrected chi connectivity index (χ2v) is 4.12. The van der Waals surface area contributed by atoms with E-state index in [0.717, 1.165) is 0 Å². The largest absolute Gasteiger partial charge is 1.00 e. The average molecular weight is 219 g/mol. The Bertz CT molecular complexity index is 335. The maximum atomic E-state index is 11.3. The molecule has 78 valence electrons. The molecular weight excluding hydrogens is 205 g/mol. The van der Waals surface area contributed by atoms with E-state index in [1.165, 1.54) is 0 Å². The first-order chi connectivity index (χ1) is 6.68. The molecule has 0 radical (unpaired) electrons. The van der Waals surface area contributed by atoms with E-state index in [4.69, 9.17) is 9.59 Å².